The fourth-order valence-electron chi connectivity index (χ4n) is 10.8. The van der Waals surface area contributed by atoms with E-state index in [0.717, 1.165) is 66.8 Å². The first-order chi connectivity index (χ1) is 34.2. The molecule has 2 heterocycles. The Morgan fingerprint density at radius 2 is 0.797 bits per heavy atom. The second-order valence-corrected chi connectivity index (χ2v) is 18.1. The van der Waals surface area contributed by atoms with Crippen molar-refractivity contribution in [3.05, 3.63) is 255 Å². The first-order valence-electron chi connectivity index (χ1n) is 23.6. The highest BCUT2D eigenvalue weighted by molar-refractivity contribution is 6.16. The number of rotatable bonds is 7. The molecule has 0 N–H and O–H groups in total. The summed E-state index contributed by atoms with van der Waals surface area (Å²) in [6, 6.07) is 92.4. The monoisotopic (exact) mass is 878 g/mol. The Hall–Kier alpha value is -9.18. The lowest BCUT2D eigenvalue weighted by molar-refractivity contribution is 0.673. The van der Waals surface area contributed by atoms with Gasteiger partial charge in [-0.15, -0.1) is 0 Å². The Kier molecular flexibility index (Phi) is 8.90. The van der Waals surface area contributed by atoms with Gasteiger partial charge in [0, 0.05) is 49.7 Å². The molecule has 0 aliphatic heterocycles. The highest BCUT2D eigenvalue weighted by Crippen LogP contribution is 2.42. The molecule has 0 saturated carbocycles. The summed E-state index contributed by atoms with van der Waals surface area (Å²) in [5.41, 5.74) is 15.6. The van der Waals surface area contributed by atoms with E-state index < -0.39 is 0 Å². The molecule has 3 nitrogen and oxygen atoms in total. The van der Waals surface area contributed by atoms with E-state index in [1.54, 1.807) is 0 Å². The van der Waals surface area contributed by atoms with Gasteiger partial charge in [-0.25, -0.2) is 0 Å². The molecule has 0 saturated heterocycles. The quantitative estimate of drug-likeness (QED) is 0.149. The molecule has 0 atom stereocenters. The van der Waals surface area contributed by atoms with E-state index in [4.69, 9.17) is 4.42 Å². The minimum atomic E-state index is 0.893. The van der Waals surface area contributed by atoms with Gasteiger partial charge in [0.2, 0.25) is 0 Å². The average molecular weight is 879 g/mol. The third-order valence-corrected chi connectivity index (χ3v) is 14.2. The number of hydrogen-bond donors (Lipinski definition) is 0. The third kappa shape index (κ3) is 6.43. The maximum absolute atomic E-state index is 6.58. The number of hydrogen-bond acceptors (Lipinski definition) is 2. The summed E-state index contributed by atoms with van der Waals surface area (Å²) < 4.78 is 8.97. The zero-order valence-corrected chi connectivity index (χ0v) is 37.6. The van der Waals surface area contributed by atoms with Crippen LogP contribution in [-0.2, 0) is 0 Å². The van der Waals surface area contributed by atoms with E-state index in [1.165, 1.54) is 65.4 Å². The molecule has 12 aromatic carbocycles. The second kappa shape index (κ2) is 15.7. The number of para-hydroxylation sites is 2. The molecule has 0 bridgehead atoms. The van der Waals surface area contributed by atoms with E-state index in [-0.39, 0.29) is 0 Å². The Bertz CT molecular complexity index is 4240. The number of fused-ring (bicyclic) bond motifs is 11. The van der Waals surface area contributed by atoms with Gasteiger partial charge in [0.05, 0.1) is 11.0 Å². The van der Waals surface area contributed by atoms with Gasteiger partial charge in [-0.2, -0.15) is 0 Å². The standard InChI is InChI=1S/C66H42N2O/c1-4-17-55-45(12-1)30-39-61-60-38-31-48(42-65(60)69-66(55)61)44-26-34-51(35-27-44)67(52-36-28-46(29-37-52)62-41-49-13-2-3-16-54(49)56-18-5-6-19-57(56)62)50-32-24-43(25-33-50)47-14-11-15-53(40-47)68-63-22-9-7-20-58(63)59-21-8-10-23-64(59)68/h1-42H. The highest BCUT2D eigenvalue weighted by Gasteiger charge is 2.18. The van der Waals surface area contributed by atoms with E-state index in [1.807, 2.05) is 0 Å². The zero-order valence-electron chi connectivity index (χ0n) is 37.6. The van der Waals surface area contributed by atoms with Crippen molar-refractivity contribution in [1.82, 2.24) is 4.57 Å². The van der Waals surface area contributed by atoms with Crippen molar-refractivity contribution in [2.75, 3.05) is 4.90 Å². The van der Waals surface area contributed by atoms with Gasteiger partial charge in [0.1, 0.15) is 11.2 Å². The molecule has 0 amide bonds. The predicted octanol–water partition coefficient (Wildman–Crippen LogP) is 18.6. The van der Waals surface area contributed by atoms with E-state index in [2.05, 4.69) is 264 Å². The fourth-order valence-corrected chi connectivity index (χ4v) is 10.8. The largest absolute Gasteiger partial charge is 0.455 e. The molecule has 2 aromatic heterocycles. The maximum atomic E-state index is 6.58. The van der Waals surface area contributed by atoms with Crippen LogP contribution in [0.1, 0.15) is 0 Å². The summed E-state index contributed by atoms with van der Waals surface area (Å²) in [5.74, 6) is 0. The van der Waals surface area contributed by atoms with Crippen molar-refractivity contribution >= 4 is 93.1 Å². The summed E-state index contributed by atoms with van der Waals surface area (Å²) >= 11 is 0. The Morgan fingerprint density at radius 1 is 0.290 bits per heavy atom. The van der Waals surface area contributed by atoms with Gasteiger partial charge in [-0.3, -0.25) is 0 Å². The molecule has 0 aliphatic carbocycles. The van der Waals surface area contributed by atoms with Gasteiger partial charge in [-0.05, 0) is 145 Å². The SMILES string of the molecule is c1cc(-c2ccc(N(c3ccc(-c4ccc5c(c4)oc4c6ccccc6ccc54)cc3)c3ccc(-c4cc5ccccc5c5ccccc45)cc3)cc2)cc(-n2c3ccccc3c3ccccc32)c1. The number of aromatic nitrogens is 1. The van der Waals surface area contributed by atoms with Crippen molar-refractivity contribution in [3.8, 4) is 39.1 Å². The Labute approximate surface area is 399 Å². The Balaban J connectivity index is 0.848. The van der Waals surface area contributed by atoms with E-state index in [9.17, 15) is 0 Å². The van der Waals surface area contributed by atoms with E-state index >= 15 is 0 Å². The number of benzene rings is 12. The topological polar surface area (TPSA) is 21.3 Å². The van der Waals surface area contributed by atoms with Crippen LogP contribution in [0.15, 0.2) is 259 Å². The van der Waals surface area contributed by atoms with Crippen molar-refractivity contribution in [2.45, 2.75) is 0 Å². The summed E-state index contributed by atoms with van der Waals surface area (Å²) in [5, 5.41) is 12.1. The van der Waals surface area contributed by atoms with Crippen LogP contribution < -0.4 is 4.90 Å². The second-order valence-electron chi connectivity index (χ2n) is 18.1. The highest BCUT2D eigenvalue weighted by atomic mass is 16.3. The van der Waals surface area contributed by atoms with Crippen LogP contribution in [0, 0.1) is 0 Å². The maximum Gasteiger partial charge on any atom is 0.143 e. The molecule has 0 radical (unpaired) electrons. The molecule has 14 rings (SSSR count). The van der Waals surface area contributed by atoms with Crippen LogP contribution in [0.2, 0.25) is 0 Å². The molecule has 69 heavy (non-hydrogen) atoms. The first-order valence-corrected chi connectivity index (χ1v) is 23.6. The van der Waals surface area contributed by atoms with E-state index in [0.29, 0.717) is 0 Å². The lowest BCUT2D eigenvalue weighted by Gasteiger charge is -2.26. The van der Waals surface area contributed by atoms with Gasteiger partial charge in [-0.1, -0.05) is 170 Å². The van der Waals surface area contributed by atoms with Crippen molar-refractivity contribution in [3.63, 3.8) is 0 Å². The van der Waals surface area contributed by atoms with Crippen LogP contribution in [-0.4, -0.2) is 4.57 Å². The van der Waals surface area contributed by atoms with Crippen molar-refractivity contribution in [2.24, 2.45) is 0 Å². The molecular formula is C66H42N2O. The number of anilines is 3. The van der Waals surface area contributed by atoms with Gasteiger partial charge in [0.25, 0.3) is 0 Å². The van der Waals surface area contributed by atoms with Gasteiger partial charge < -0.3 is 13.9 Å². The third-order valence-electron chi connectivity index (χ3n) is 14.2. The van der Waals surface area contributed by atoms with Crippen LogP contribution in [0.4, 0.5) is 17.1 Å². The molecule has 3 heteroatoms. The van der Waals surface area contributed by atoms with Crippen LogP contribution in [0.3, 0.4) is 0 Å². The summed E-state index contributed by atoms with van der Waals surface area (Å²) in [6.45, 7) is 0. The zero-order chi connectivity index (χ0) is 45.4. The van der Waals surface area contributed by atoms with Crippen LogP contribution >= 0.6 is 0 Å². The molecule has 0 fully saturated rings. The van der Waals surface area contributed by atoms with Gasteiger partial charge in [0.15, 0.2) is 0 Å². The molecule has 0 spiro atoms. The first kappa shape index (κ1) is 39.0. The lowest BCUT2D eigenvalue weighted by Crippen LogP contribution is -2.09. The average Bonchev–Trinajstić information content (AvgIpc) is 3.97. The minimum absolute atomic E-state index is 0.893. The summed E-state index contributed by atoms with van der Waals surface area (Å²) in [7, 11) is 0. The lowest BCUT2D eigenvalue weighted by atomic mass is 9.93. The summed E-state index contributed by atoms with van der Waals surface area (Å²) in [6.07, 6.45) is 0. The number of nitrogens with zero attached hydrogens (tertiary/aromatic N) is 2. The molecular weight excluding hydrogens is 837 g/mol. The molecule has 14 aromatic rings. The number of furan rings is 1. The Morgan fingerprint density at radius 3 is 1.46 bits per heavy atom. The smallest absolute Gasteiger partial charge is 0.143 e. The predicted molar refractivity (Wildman–Crippen MR) is 292 cm³/mol. The molecule has 0 unspecified atom stereocenters. The van der Waals surface area contributed by atoms with Crippen molar-refractivity contribution < 1.29 is 4.42 Å². The van der Waals surface area contributed by atoms with Gasteiger partial charge >= 0.3 is 0 Å². The normalized spacial score (nSPS) is 11.8. The minimum Gasteiger partial charge on any atom is -0.455 e. The fraction of sp³-hybridized carbons (Fsp3) is 0. The van der Waals surface area contributed by atoms with Crippen LogP contribution in [0.25, 0.3) is 115 Å². The van der Waals surface area contributed by atoms with Crippen LogP contribution in [0.5, 0.6) is 0 Å². The van der Waals surface area contributed by atoms with Crippen molar-refractivity contribution in [1.29, 1.82) is 0 Å². The molecule has 322 valence electrons. The summed E-state index contributed by atoms with van der Waals surface area (Å²) in [4.78, 5) is 2.36. The molecule has 0 aliphatic rings.